The van der Waals surface area contributed by atoms with E-state index in [0.717, 1.165) is 0 Å². The van der Waals surface area contributed by atoms with Gasteiger partial charge >= 0.3 is 0 Å². The van der Waals surface area contributed by atoms with E-state index in [0.29, 0.717) is 34.6 Å². The van der Waals surface area contributed by atoms with Crippen LogP contribution >= 0.6 is 0 Å². The van der Waals surface area contributed by atoms with Crippen molar-refractivity contribution < 1.29 is 23.0 Å². The van der Waals surface area contributed by atoms with Gasteiger partial charge < -0.3 is 19.9 Å². The van der Waals surface area contributed by atoms with E-state index >= 15 is 4.39 Å². The van der Waals surface area contributed by atoms with Gasteiger partial charge in [-0.15, -0.1) is 0 Å². The number of pyridine rings is 2. The van der Waals surface area contributed by atoms with E-state index < -0.39 is 17.4 Å². The van der Waals surface area contributed by atoms with E-state index in [1.54, 1.807) is 36.4 Å². The van der Waals surface area contributed by atoms with Crippen LogP contribution in [0.4, 0.5) is 8.78 Å². The first-order valence-corrected chi connectivity index (χ1v) is 10.9. The van der Waals surface area contributed by atoms with E-state index in [1.165, 1.54) is 6.20 Å². The number of aromatic nitrogens is 2. The van der Waals surface area contributed by atoms with Crippen LogP contribution in [0.5, 0.6) is 17.4 Å². The van der Waals surface area contributed by atoms with Crippen molar-refractivity contribution in [3.05, 3.63) is 65.6 Å². The first-order valence-electron chi connectivity index (χ1n) is 10.9. The summed E-state index contributed by atoms with van der Waals surface area (Å²) in [5.74, 6) is -0.800. The van der Waals surface area contributed by atoms with Crippen molar-refractivity contribution in [2.45, 2.75) is 26.3 Å². The number of ether oxygens (including phenoxy) is 3. The molecule has 3 aromatic rings. The number of hydrogen-bond donors (Lipinski definition) is 1. The van der Waals surface area contributed by atoms with Gasteiger partial charge in [0, 0.05) is 29.0 Å². The van der Waals surface area contributed by atoms with E-state index in [9.17, 15) is 4.39 Å². The van der Waals surface area contributed by atoms with Crippen LogP contribution in [0, 0.1) is 17.3 Å². The summed E-state index contributed by atoms with van der Waals surface area (Å²) < 4.78 is 47.1. The van der Waals surface area contributed by atoms with Crippen molar-refractivity contribution in [1.29, 1.82) is 0 Å². The molecule has 7 nitrogen and oxygen atoms in total. The van der Waals surface area contributed by atoms with Crippen LogP contribution in [0.3, 0.4) is 0 Å². The van der Waals surface area contributed by atoms with Crippen molar-refractivity contribution in [2.75, 3.05) is 19.8 Å². The third kappa shape index (κ3) is 3.86. The number of rotatable bonds is 3. The highest BCUT2D eigenvalue weighted by molar-refractivity contribution is 5.84. The first kappa shape index (κ1) is 22.2. The lowest BCUT2D eigenvalue weighted by molar-refractivity contribution is 0.108. The lowest BCUT2D eigenvalue weighted by Crippen LogP contribution is -2.42. The molecule has 2 aromatic heterocycles. The molecular weight excluding hydrogens is 442 g/mol. The second-order valence-corrected chi connectivity index (χ2v) is 9.59. The van der Waals surface area contributed by atoms with Gasteiger partial charge in [0.2, 0.25) is 11.8 Å². The molecule has 0 radical (unpaired) electrons. The molecule has 2 aliphatic rings. The predicted molar refractivity (Wildman–Crippen MR) is 122 cm³/mol. The molecule has 1 spiro atoms. The topological polar surface area (TPSA) is 91.8 Å². The van der Waals surface area contributed by atoms with Gasteiger partial charge in [0.05, 0.1) is 13.2 Å². The van der Waals surface area contributed by atoms with E-state index in [2.05, 4.69) is 9.97 Å². The number of nitrogens with zero attached hydrogens (tertiary/aromatic N) is 3. The Hall–Kier alpha value is -3.59. The highest BCUT2D eigenvalue weighted by atomic mass is 19.1. The zero-order valence-corrected chi connectivity index (χ0v) is 19.1. The number of hydrogen-bond acceptors (Lipinski definition) is 7. The summed E-state index contributed by atoms with van der Waals surface area (Å²) in [5.41, 5.74) is 6.54. The maximum absolute atomic E-state index is 15.2. The average molecular weight is 466 g/mol. The SMILES string of the molecule is CC(C)(C)COc1cc2c(c(F)n1)Oc1ccc(-c3cccnc3F)cc1[C@@]21COCC(N)=N1. The predicted octanol–water partition coefficient (Wildman–Crippen LogP) is 4.58. The average Bonchev–Trinajstić information content (AvgIpc) is 2.78. The fourth-order valence-corrected chi connectivity index (χ4v) is 4.10. The highest BCUT2D eigenvalue weighted by Gasteiger charge is 2.46. The van der Waals surface area contributed by atoms with Crippen molar-refractivity contribution in [3.63, 3.8) is 0 Å². The van der Waals surface area contributed by atoms with Crippen LogP contribution in [-0.4, -0.2) is 35.6 Å². The lowest BCUT2D eigenvalue weighted by atomic mass is 9.80. The molecule has 2 N–H and O–H groups in total. The minimum Gasteiger partial charge on any atom is -0.477 e. The van der Waals surface area contributed by atoms with Crippen LogP contribution in [0.2, 0.25) is 0 Å². The Morgan fingerprint density at radius 3 is 2.68 bits per heavy atom. The molecule has 1 atom stereocenters. The third-order valence-corrected chi connectivity index (χ3v) is 5.61. The molecule has 1 aromatic carbocycles. The van der Waals surface area contributed by atoms with Crippen LogP contribution in [0.1, 0.15) is 31.9 Å². The summed E-state index contributed by atoms with van der Waals surface area (Å²) in [7, 11) is 0. The second-order valence-electron chi connectivity index (χ2n) is 9.59. The van der Waals surface area contributed by atoms with Crippen LogP contribution < -0.4 is 15.2 Å². The van der Waals surface area contributed by atoms with E-state index in [-0.39, 0.29) is 36.1 Å². The molecule has 0 bridgehead atoms. The molecule has 9 heteroatoms. The molecule has 4 heterocycles. The summed E-state index contributed by atoms with van der Waals surface area (Å²) in [6.45, 7) is 6.56. The quantitative estimate of drug-likeness (QED) is 0.568. The van der Waals surface area contributed by atoms with Gasteiger partial charge in [0.1, 0.15) is 23.7 Å². The van der Waals surface area contributed by atoms with Crippen LogP contribution in [0.25, 0.3) is 11.1 Å². The molecule has 0 unspecified atom stereocenters. The van der Waals surface area contributed by atoms with Crippen molar-refractivity contribution in [1.82, 2.24) is 9.97 Å². The fourth-order valence-electron chi connectivity index (χ4n) is 4.10. The van der Waals surface area contributed by atoms with Gasteiger partial charge in [0.15, 0.2) is 5.75 Å². The highest BCUT2D eigenvalue weighted by Crippen LogP contribution is 2.52. The van der Waals surface area contributed by atoms with Crippen LogP contribution in [0.15, 0.2) is 47.6 Å². The molecule has 0 aliphatic carbocycles. The Labute approximate surface area is 195 Å². The Kier molecular flexibility index (Phi) is 5.24. The summed E-state index contributed by atoms with van der Waals surface area (Å²) in [6, 6.07) is 9.96. The number of amidine groups is 1. The maximum Gasteiger partial charge on any atom is 0.259 e. The number of aliphatic imine (C=N–C) groups is 1. The Morgan fingerprint density at radius 2 is 1.94 bits per heavy atom. The molecule has 0 saturated heterocycles. The van der Waals surface area contributed by atoms with Crippen molar-refractivity contribution >= 4 is 5.84 Å². The third-order valence-electron chi connectivity index (χ3n) is 5.61. The Morgan fingerprint density at radius 1 is 1.12 bits per heavy atom. The molecular formula is C25H24F2N4O3. The molecule has 2 aliphatic heterocycles. The molecule has 176 valence electrons. The molecule has 0 fully saturated rings. The lowest BCUT2D eigenvalue weighted by Gasteiger charge is -2.39. The summed E-state index contributed by atoms with van der Waals surface area (Å²) in [4.78, 5) is 12.4. The van der Waals surface area contributed by atoms with E-state index in [4.69, 9.17) is 24.9 Å². The number of fused-ring (bicyclic) bond motifs is 4. The minimum absolute atomic E-state index is 0.0713. The van der Waals surface area contributed by atoms with Crippen molar-refractivity contribution in [2.24, 2.45) is 16.1 Å². The monoisotopic (exact) mass is 466 g/mol. The molecule has 0 amide bonds. The van der Waals surface area contributed by atoms with Gasteiger partial charge in [-0.25, -0.2) is 4.98 Å². The van der Waals surface area contributed by atoms with Gasteiger partial charge in [-0.3, -0.25) is 4.99 Å². The number of nitrogens with two attached hydrogens (primary N) is 1. The van der Waals surface area contributed by atoms with E-state index in [1.807, 2.05) is 20.8 Å². The smallest absolute Gasteiger partial charge is 0.259 e. The van der Waals surface area contributed by atoms with Gasteiger partial charge in [0.25, 0.3) is 5.95 Å². The van der Waals surface area contributed by atoms with Crippen LogP contribution in [-0.2, 0) is 10.3 Å². The normalized spacial score (nSPS) is 19.1. The largest absolute Gasteiger partial charge is 0.477 e. The second kappa shape index (κ2) is 8.02. The number of halogens is 2. The van der Waals surface area contributed by atoms with Crippen molar-refractivity contribution in [3.8, 4) is 28.5 Å². The fraction of sp³-hybridized carbons (Fsp3) is 0.320. The minimum atomic E-state index is -1.22. The zero-order chi connectivity index (χ0) is 24.1. The first-order chi connectivity index (χ1) is 16.2. The Balaban J connectivity index is 1.70. The van der Waals surface area contributed by atoms with Gasteiger partial charge in [-0.05, 0) is 35.2 Å². The Bertz CT molecular complexity index is 1310. The standard InChI is InChI=1S/C25H24F2N4O3/c1-24(2,3)12-33-20-10-17-21(23(27)30-20)34-18-7-6-14(15-5-4-8-29-22(15)26)9-16(18)25(17)13-32-11-19(28)31-25/h4-10H,11-13H2,1-3H3,(H2,28,31)/t25-/m0/s1. The molecule has 34 heavy (non-hydrogen) atoms. The number of benzene rings is 1. The zero-order valence-electron chi connectivity index (χ0n) is 19.1. The maximum atomic E-state index is 15.2. The van der Waals surface area contributed by atoms with Gasteiger partial charge in [-0.1, -0.05) is 26.8 Å². The molecule has 0 saturated carbocycles. The summed E-state index contributed by atoms with van der Waals surface area (Å²) in [5, 5.41) is 0. The van der Waals surface area contributed by atoms with Gasteiger partial charge in [-0.2, -0.15) is 13.8 Å². The summed E-state index contributed by atoms with van der Waals surface area (Å²) in [6.07, 6.45) is 1.38. The molecule has 5 rings (SSSR count). The summed E-state index contributed by atoms with van der Waals surface area (Å²) >= 11 is 0.